The lowest BCUT2D eigenvalue weighted by atomic mass is 10.3. The molecule has 0 radical (unpaired) electrons. The smallest absolute Gasteiger partial charge is 0.160 e. The average molecular weight is 191 g/mol. The number of fused-ring (bicyclic) bond motifs is 1. The van der Waals surface area contributed by atoms with Crippen LogP contribution >= 0.6 is 0 Å². The van der Waals surface area contributed by atoms with Gasteiger partial charge in [0, 0.05) is 12.6 Å². The van der Waals surface area contributed by atoms with Crippen LogP contribution in [0.4, 0.5) is 0 Å². The molecule has 14 heavy (non-hydrogen) atoms. The highest BCUT2D eigenvalue weighted by Crippen LogP contribution is 2.05. The molecule has 0 fully saturated rings. The molecule has 0 N–H and O–H groups in total. The Morgan fingerprint density at radius 2 is 1.93 bits per heavy atom. The van der Waals surface area contributed by atoms with Crippen LogP contribution in [0.2, 0.25) is 0 Å². The topological polar surface area (TPSA) is 30.2 Å². The second-order valence-electron chi connectivity index (χ2n) is 2.90. The second kappa shape index (κ2) is 4.74. The Hall–Kier alpha value is -1.38. The molecule has 0 aliphatic carbocycles. The summed E-state index contributed by atoms with van der Waals surface area (Å²) in [5, 5.41) is 8.11. The van der Waals surface area contributed by atoms with Gasteiger partial charge in [-0.2, -0.15) is 0 Å². The SMILES string of the molecule is CC.CCc1nnc2ccc(C)cn12. The zero-order chi connectivity index (χ0) is 10.6. The number of pyridine rings is 1. The Balaban J connectivity index is 0.000000461. The summed E-state index contributed by atoms with van der Waals surface area (Å²) in [6.45, 7) is 8.15. The van der Waals surface area contributed by atoms with E-state index in [0.717, 1.165) is 17.9 Å². The zero-order valence-electron chi connectivity index (χ0n) is 9.28. The quantitative estimate of drug-likeness (QED) is 0.693. The molecule has 0 aliphatic rings. The number of aryl methyl sites for hydroxylation is 2. The van der Waals surface area contributed by atoms with E-state index in [1.165, 1.54) is 5.56 Å². The Labute approximate surface area is 84.8 Å². The molecule has 0 unspecified atom stereocenters. The Morgan fingerprint density at radius 3 is 2.57 bits per heavy atom. The molecule has 0 bridgehead atoms. The minimum absolute atomic E-state index is 0.921. The highest BCUT2D eigenvalue weighted by atomic mass is 15.2. The van der Waals surface area contributed by atoms with Gasteiger partial charge < -0.3 is 0 Å². The summed E-state index contributed by atoms with van der Waals surface area (Å²) in [6.07, 6.45) is 2.98. The van der Waals surface area contributed by atoms with Crippen LogP contribution < -0.4 is 0 Å². The van der Waals surface area contributed by atoms with E-state index in [2.05, 4.69) is 30.2 Å². The molecule has 2 heterocycles. The fourth-order valence-electron chi connectivity index (χ4n) is 1.29. The Bertz CT molecular complexity index is 404. The first-order valence-electron chi connectivity index (χ1n) is 5.11. The minimum Gasteiger partial charge on any atom is -0.286 e. The van der Waals surface area contributed by atoms with Crippen molar-refractivity contribution in [3.8, 4) is 0 Å². The van der Waals surface area contributed by atoms with Gasteiger partial charge in [-0.3, -0.25) is 4.40 Å². The van der Waals surface area contributed by atoms with E-state index in [9.17, 15) is 0 Å². The van der Waals surface area contributed by atoms with E-state index in [-0.39, 0.29) is 0 Å². The summed E-state index contributed by atoms with van der Waals surface area (Å²) in [4.78, 5) is 0. The first-order chi connectivity index (χ1) is 6.81. The maximum absolute atomic E-state index is 4.07. The first kappa shape index (κ1) is 10.7. The average Bonchev–Trinajstić information content (AvgIpc) is 2.63. The van der Waals surface area contributed by atoms with Crippen molar-refractivity contribution in [2.24, 2.45) is 0 Å². The monoisotopic (exact) mass is 191 g/mol. The van der Waals surface area contributed by atoms with Gasteiger partial charge in [0.1, 0.15) is 5.82 Å². The van der Waals surface area contributed by atoms with Crippen LogP contribution in [0.3, 0.4) is 0 Å². The Morgan fingerprint density at radius 1 is 1.21 bits per heavy atom. The standard InChI is InChI=1S/C9H11N3.C2H6/c1-3-8-10-11-9-5-4-7(2)6-12(8)9;1-2/h4-6H,3H2,1-2H3;1-2H3. The van der Waals surface area contributed by atoms with Crippen molar-refractivity contribution < 1.29 is 0 Å². The summed E-state index contributed by atoms with van der Waals surface area (Å²) < 4.78 is 2.04. The van der Waals surface area contributed by atoms with Crippen molar-refractivity contribution >= 4 is 5.65 Å². The third-order valence-electron chi connectivity index (χ3n) is 1.94. The van der Waals surface area contributed by atoms with Crippen molar-refractivity contribution in [2.45, 2.75) is 34.1 Å². The maximum atomic E-state index is 4.07. The van der Waals surface area contributed by atoms with Gasteiger partial charge in [-0.05, 0) is 18.6 Å². The molecule has 0 saturated heterocycles. The van der Waals surface area contributed by atoms with Gasteiger partial charge in [0.2, 0.25) is 0 Å². The van der Waals surface area contributed by atoms with Gasteiger partial charge in [0.05, 0.1) is 0 Å². The molecular formula is C11H17N3. The van der Waals surface area contributed by atoms with Crippen LogP contribution in [0.25, 0.3) is 5.65 Å². The summed E-state index contributed by atoms with van der Waals surface area (Å²) in [5.74, 6) is 1.02. The van der Waals surface area contributed by atoms with Crippen molar-refractivity contribution in [3.63, 3.8) is 0 Å². The fourth-order valence-corrected chi connectivity index (χ4v) is 1.29. The molecule has 3 nitrogen and oxygen atoms in total. The van der Waals surface area contributed by atoms with Crippen molar-refractivity contribution in [3.05, 3.63) is 29.7 Å². The van der Waals surface area contributed by atoms with E-state index >= 15 is 0 Å². The minimum atomic E-state index is 0.921. The highest BCUT2D eigenvalue weighted by Gasteiger charge is 2.01. The third-order valence-corrected chi connectivity index (χ3v) is 1.94. The van der Waals surface area contributed by atoms with Crippen molar-refractivity contribution in [1.29, 1.82) is 0 Å². The van der Waals surface area contributed by atoms with Crippen molar-refractivity contribution in [2.75, 3.05) is 0 Å². The van der Waals surface area contributed by atoms with E-state index in [0.29, 0.717) is 0 Å². The van der Waals surface area contributed by atoms with Gasteiger partial charge in [-0.1, -0.05) is 26.8 Å². The molecule has 76 valence electrons. The lowest BCUT2D eigenvalue weighted by molar-refractivity contribution is 0.907. The Kier molecular flexibility index (Phi) is 3.63. The molecule has 3 heteroatoms. The lowest BCUT2D eigenvalue weighted by Gasteiger charge is -1.96. The van der Waals surface area contributed by atoms with E-state index < -0.39 is 0 Å². The summed E-state index contributed by atoms with van der Waals surface area (Å²) >= 11 is 0. The van der Waals surface area contributed by atoms with E-state index in [1.54, 1.807) is 0 Å². The third kappa shape index (κ3) is 1.92. The number of hydrogen-bond acceptors (Lipinski definition) is 2. The van der Waals surface area contributed by atoms with E-state index in [1.807, 2.05) is 30.4 Å². The number of nitrogens with zero attached hydrogens (tertiary/aromatic N) is 3. The number of hydrogen-bond donors (Lipinski definition) is 0. The van der Waals surface area contributed by atoms with Crippen LogP contribution in [0.1, 0.15) is 32.2 Å². The van der Waals surface area contributed by atoms with Crippen LogP contribution in [-0.4, -0.2) is 14.6 Å². The highest BCUT2D eigenvalue weighted by molar-refractivity contribution is 5.39. The van der Waals surface area contributed by atoms with Crippen LogP contribution in [-0.2, 0) is 6.42 Å². The van der Waals surface area contributed by atoms with Gasteiger partial charge in [0.15, 0.2) is 5.65 Å². The lowest BCUT2D eigenvalue weighted by Crippen LogP contribution is -1.92. The van der Waals surface area contributed by atoms with Crippen molar-refractivity contribution in [1.82, 2.24) is 14.6 Å². The molecule has 0 aliphatic heterocycles. The van der Waals surface area contributed by atoms with Gasteiger partial charge >= 0.3 is 0 Å². The van der Waals surface area contributed by atoms with Gasteiger partial charge in [-0.15, -0.1) is 10.2 Å². The number of aromatic nitrogens is 3. The number of rotatable bonds is 1. The zero-order valence-corrected chi connectivity index (χ0v) is 9.28. The molecule has 2 rings (SSSR count). The normalized spacial score (nSPS) is 9.71. The molecule has 2 aromatic rings. The van der Waals surface area contributed by atoms with Crippen LogP contribution in [0.15, 0.2) is 18.3 Å². The predicted molar refractivity (Wildman–Crippen MR) is 58.5 cm³/mol. The molecule has 0 saturated carbocycles. The van der Waals surface area contributed by atoms with Gasteiger partial charge in [-0.25, -0.2) is 0 Å². The van der Waals surface area contributed by atoms with E-state index in [4.69, 9.17) is 0 Å². The van der Waals surface area contributed by atoms with Crippen LogP contribution in [0.5, 0.6) is 0 Å². The predicted octanol–water partition coefficient (Wildman–Crippen LogP) is 2.63. The maximum Gasteiger partial charge on any atom is 0.160 e. The molecule has 0 spiro atoms. The molecule has 0 atom stereocenters. The summed E-state index contributed by atoms with van der Waals surface area (Å²) in [5.41, 5.74) is 2.16. The summed E-state index contributed by atoms with van der Waals surface area (Å²) in [6, 6.07) is 4.03. The fraction of sp³-hybridized carbons (Fsp3) is 0.455. The van der Waals surface area contributed by atoms with Gasteiger partial charge in [0.25, 0.3) is 0 Å². The second-order valence-corrected chi connectivity index (χ2v) is 2.90. The van der Waals surface area contributed by atoms with Crippen LogP contribution in [0, 0.1) is 6.92 Å². The first-order valence-corrected chi connectivity index (χ1v) is 5.11. The molecular weight excluding hydrogens is 174 g/mol. The molecule has 2 aromatic heterocycles. The summed E-state index contributed by atoms with van der Waals surface area (Å²) in [7, 11) is 0. The molecule has 0 aromatic carbocycles. The molecule has 0 amide bonds. The largest absolute Gasteiger partial charge is 0.286 e.